The summed E-state index contributed by atoms with van der Waals surface area (Å²) in [6.45, 7) is 3.89. The minimum atomic E-state index is -3.53. The van der Waals surface area contributed by atoms with Crippen molar-refractivity contribution in [2.45, 2.75) is 31.3 Å². The maximum absolute atomic E-state index is 12.1. The van der Waals surface area contributed by atoms with E-state index in [1.807, 2.05) is 12.1 Å². The largest absolute Gasteiger partial charge is 0.364 e. The van der Waals surface area contributed by atoms with E-state index in [4.69, 9.17) is 0 Å². The number of hydrogen-bond donors (Lipinski definition) is 2. The molecule has 2 N–H and O–H groups in total. The highest BCUT2D eigenvalue weighted by molar-refractivity contribution is 7.89. The molecule has 0 bridgehead atoms. The van der Waals surface area contributed by atoms with Gasteiger partial charge in [-0.25, -0.2) is 13.1 Å². The van der Waals surface area contributed by atoms with Crippen LogP contribution >= 0.6 is 0 Å². The van der Waals surface area contributed by atoms with Crippen LogP contribution in [0.15, 0.2) is 46.0 Å². The molecule has 0 aliphatic carbocycles. The molecule has 7 heteroatoms. The number of nitrogens with zero attached hydrogens (tertiary/aromatic N) is 1. The van der Waals surface area contributed by atoms with Crippen LogP contribution in [0.2, 0.25) is 0 Å². The molecule has 0 amide bonds. The van der Waals surface area contributed by atoms with Gasteiger partial charge < -0.3 is 9.84 Å². The van der Waals surface area contributed by atoms with Gasteiger partial charge in [0.2, 0.25) is 10.0 Å². The lowest BCUT2D eigenvalue weighted by Crippen LogP contribution is -2.23. The fourth-order valence-electron chi connectivity index (χ4n) is 1.78. The van der Waals surface area contributed by atoms with Crippen LogP contribution in [-0.4, -0.2) is 20.1 Å². The lowest BCUT2D eigenvalue weighted by molar-refractivity contribution is 0.411. The van der Waals surface area contributed by atoms with Gasteiger partial charge in [-0.15, -0.1) is 0 Å². The van der Waals surface area contributed by atoms with Crippen molar-refractivity contribution in [2.75, 3.05) is 6.54 Å². The van der Waals surface area contributed by atoms with E-state index in [1.165, 1.54) is 6.26 Å². The van der Waals surface area contributed by atoms with Gasteiger partial charge in [0, 0.05) is 12.6 Å². The van der Waals surface area contributed by atoms with Crippen LogP contribution in [0.5, 0.6) is 0 Å². The molecule has 0 atom stereocenters. The minimum Gasteiger partial charge on any atom is -0.364 e. The Hall–Kier alpha value is -1.70. The Balaban J connectivity index is 1.96. The van der Waals surface area contributed by atoms with Gasteiger partial charge in [-0.1, -0.05) is 24.2 Å². The molecule has 0 unspecified atom stereocenters. The standard InChI is InChI=1S/C14H19N3O3S/c1-2-8-15-10-12-3-5-14(6-4-12)21(18,19)16-11-13-7-9-20-17-13/h3-7,9,15-16H,2,8,10-11H2,1H3. The van der Waals surface area contributed by atoms with E-state index in [9.17, 15) is 8.42 Å². The summed E-state index contributed by atoms with van der Waals surface area (Å²) in [5.74, 6) is 0. The van der Waals surface area contributed by atoms with E-state index in [-0.39, 0.29) is 11.4 Å². The number of sulfonamides is 1. The van der Waals surface area contributed by atoms with Crippen molar-refractivity contribution >= 4 is 10.0 Å². The third kappa shape index (κ3) is 4.66. The van der Waals surface area contributed by atoms with Crippen molar-refractivity contribution in [3.8, 4) is 0 Å². The summed E-state index contributed by atoms with van der Waals surface area (Å²) in [7, 11) is -3.53. The van der Waals surface area contributed by atoms with Crippen LogP contribution in [0, 0.1) is 0 Å². The SMILES string of the molecule is CCCNCc1ccc(S(=O)(=O)NCc2ccon2)cc1. The molecule has 2 aromatic rings. The number of rotatable bonds is 8. The summed E-state index contributed by atoms with van der Waals surface area (Å²) in [4.78, 5) is 0.241. The first-order chi connectivity index (χ1) is 10.1. The highest BCUT2D eigenvalue weighted by atomic mass is 32.2. The van der Waals surface area contributed by atoms with Crippen molar-refractivity contribution in [2.24, 2.45) is 0 Å². The molecule has 0 radical (unpaired) electrons. The van der Waals surface area contributed by atoms with Crippen LogP contribution in [-0.2, 0) is 23.1 Å². The van der Waals surface area contributed by atoms with E-state index in [0.29, 0.717) is 5.69 Å². The molecule has 0 aliphatic heterocycles. The highest BCUT2D eigenvalue weighted by Crippen LogP contribution is 2.11. The van der Waals surface area contributed by atoms with Crippen LogP contribution in [0.4, 0.5) is 0 Å². The van der Waals surface area contributed by atoms with Crippen LogP contribution < -0.4 is 10.0 Å². The van der Waals surface area contributed by atoms with Gasteiger partial charge in [0.15, 0.2) is 0 Å². The molecule has 0 aliphatic rings. The average molecular weight is 309 g/mol. The molecular formula is C14H19N3O3S. The van der Waals surface area contributed by atoms with Crippen molar-refractivity contribution in [3.05, 3.63) is 47.9 Å². The smallest absolute Gasteiger partial charge is 0.240 e. The van der Waals surface area contributed by atoms with E-state index in [2.05, 4.69) is 26.6 Å². The molecule has 114 valence electrons. The fourth-order valence-corrected chi connectivity index (χ4v) is 2.78. The van der Waals surface area contributed by atoms with Crippen molar-refractivity contribution in [3.63, 3.8) is 0 Å². The quantitative estimate of drug-likeness (QED) is 0.724. The monoisotopic (exact) mass is 309 g/mol. The maximum Gasteiger partial charge on any atom is 0.240 e. The molecule has 2 rings (SSSR count). The zero-order chi connectivity index (χ0) is 15.1. The molecule has 0 spiro atoms. The second-order valence-electron chi connectivity index (χ2n) is 4.64. The normalized spacial score (nSPS) is 11.7. The summed E-state index contributed by atoms with van der Waals surface area (Å²) in [6, 6.07) is 8.45. The molecular weight excluding hydrogens is 290 g/mol. The summed E-state index contributed by atoms with van der Waals surface area (Å²) in [5.41, 5.74) is 1.60. The predicted octanol–water partition coefficient (Wildman–Crippen LogP) is 1.65. The van der Waals surface area contributed by atoms with Gasteiger partial charge in [0.25, 0.3) is 0 Å². The van der Waals surface area contributed by atoms with Gasteiger partial charge in [0.1, 0.15) is 6.26 Å². The first kappa shape index (κ1) is 15.7. The van der Waals surface area contributed by atoms with E-state index < -0.39 is 10.0 Å². The average Bonchev–Trinajstić information content (AvgIpc) is 3.00. The fraction of sp³-hybridized carbons (Fsp3) is 0.357. The van der Waals surface area contributed by atoms with E-state index in [1.54, 1.807) is 18.2 Å². The third-order valence-corrected chi connectivity index (χ3v) is 4.34. The van der Waals surface area contributed by atoms with Gasteiger partial charge >= 0.3 is 0 Å². The molecule has 6 nitrogen and oxygen atoms in total. The van der Waals surface area contributed by atoms with Gasteiger partial charge in [0.05, 0.1) is 17.1 Å². The molecule has 0 saturated carbocycles. The highest BCUT2D eigenvalue weighted by Gasteiger charge is 2.14. The van der Waals surface area contributed by atoms with Gasteiger partial charge in [-0.2, -0.15) is 0 Å². The Bertz CT molecular complexity index is 637. The lowest BCUT2D eigenvalue weighted by atomic mass is 10.2. The van der Waals surface area contributed by atoms with E-state index >= 15 is 0 Å². The zero-order valence-corrected chi connectivity index (χ0v) is 12.7. The summed E-state index contributed by atoms with van der Waals surface area (Å²) in [6.07, 6.45) is 2.47. The van der Waals surface area contributed by atoms with Gasteiger partial charge in [-0.05, 0) is 30.7 Å². The van der Waals surface area contributed by atoms with E-state index in [0.717, 1.165) is 25.1 Å². The Morgan fingerprint density at radius 3 is 2.52 bits per heavy atom. The van der Waals surface area contributed by atoms with Crippen molar-refractivity contribution < 1.29 is 12.9 Å². The zero-order valence-electron chi connectivity index (χ0n) is 11.9. The molecule has 0 fully saturated rings. The first-order valence-electron chi connectivity index (χ1n) is 6.80. The maximum atomic E-state index is 12.1. The lowest BCUT2D eigenvalue weighted by Gasteiger charge is -2.07. The topological polar surface area (TPSA) is 84.2 Å². The molecule has 0 saturated heterocycles. The van der Waals surface area contributed by atoms with Crippen molar-refractivity contribution in [1.29, 1.82) is 0 Å². The Labute approximate surface area is 124 Å². The summed E-state index contributed by atoms with van der Waals surface area (Å²) in [5, 5.41) is 6.93. The predicted molar refractivity (Wildman–Crippen MR) is 79.0 cm³/mol. The van der Waals surface area contributed by atoms with Crippen LogP contribution in [0.1, 0.15) is 24.6 Å². The second-order valence-corrected chi connectivity index (χ2v) is 6.40. The number of aromatic nitrogens is 1. The number of hydrogen-bond acceptors (Lipinski definition) is 5. The van der Waals surface area contributed by atoms with Crippen LogP contribution in [0.3, 0.4) is 0 Å². The number of nitrogens with one attached hydrogen (secondary N) is 2. The minimum absolute atomic E-state index is 0.110. The summed E-state index contributed by atoms with van der Waals surface area (Å²) < 4.78 is 31.4. The Morgan fingerprint density at radius 2 is 1.90 bits per heavy atom. The molecule has 1 aromatic heterocycles. The van der Waals surface area contributed by atoms with Gasteiger partial charge in [-0.3, -0.25) is 0 Å². The third-order valence-electron chi connectivity index (χ3n) is 2.92. The second kappa shape index (κ2) is 7.35. The molecule has 1 aromatic carbocycles. The van der Waals surface area contributed by atoms with Crippen molar-refractivity contribution in [1.82, 2.24) is 15.2 Å². The summed E-state index contributed by atoms with van der Waals surface area (Å²) >= 11 is 0. The molecule has 21 heavy (non-hydrogen) atoms. The Kier molecular flexibility index (Phi) is 5.49. The van der Waals surface area contributed by atoms with Crippen LogP contribution in [0.25, 0.3) is 0 Å². The molecule has 1 heterocycles. The number of benzene rings is 1. The first-order valence-corrected chi connectivity index (χ1v) is 8.28. The Morgan fingerprint density at radius 1 is 1.14 bits per heavy atom.